The van der Waals surface area contributed by atoms with Crippen molar-refractivity contribution in [2.24, 2.45) is 0 Å². The predicted molar refractivity (Wildman–Crippen MR) is 102 cm³/mol. The lowest BCUT2D eigenvalue weighted by Gasteiger charge is -2.17. The van der Waals surface area contributed by atoms with Crippen LogP contribution in [0.5, 0.6) is 0 Å². The van der Waals surface area contributed by atoms with Gasteiger partial charge in [0, 0.05) is 16.6 Å². The van der Waals surface area contributed by atoms with E-state index in [0.717, 1.165) is 15.6 Å². The SMILES string of the molecule is CC(NC(=O)c1ccc2c(c1)CCN2S(C)(=O)=O)c1cccc(Br)c1. The fraction of sp³-hybridized carbons (Fsp3) is 0.278. The Kier molecular flexibility index (Phi) is 4.88. The molecule has 0 spiro atoms. The molecule has 1 aliphatic rings. The van der Waals surface area contributed by atoms with E-state index in [1.165, 1.54) is 10.6 Å². The minimum atomic E-state index is -3.28. The first-order valence-corrected chi connectivity index (χ1v) is 10.6. The van der Waals surface area contributed by atoms with Gasteiger partial charge in [0.1, 0.15) is 0 Å². The van der Waals surface area contributed by atoms with Crippen molar-refractivity contribution < 1.29 is 13.2 Å². The molecular weight excluding hydrogens is 404 g/mol. The molecule has 1 unspecified atom stereocenters. The molecule has 5 nitrogen and oxygen atoms in total. The third-order valence-corrected chi connectivity index (χ3v) is 5.96. The summed E-state index contributed by atoms with van der Waals surface area (Å²) >= 11 is 3.43. The van der Waals surface area contributed by atoms with Crippen LogP contribution in [0.4, 0.5) is 5.69 Å². The number of rotatable bonds is 4. The summed E-state index contributed by atoms with van der Waals surface area (Å²) in [5, 5.41) is 2.98. The number of nitrogens with zero attached hydrogens (tertiary/aromatic N) is 1. The summed E-state index contributed by atoms with van der Waals surface area (Å²) in [6.07, 6.45) is 1.81. The second-order valence-electron chi connectivity index (χ2n) is 6.18. The van der Waals surface area contributed by atoms with E-state index in [1.807, 2.05) is 31.2 Å². The fourth-order valence-corrected chi connectivity index (χ4v) is 4.37. The average Bonchev–Trinajstić information content (AvgIpc) is 2.98. The van der Waals surface area contributed by atoms with Crippen molar-refractivity contribution in [1.82, 2.24) is 5.32 Å². The predicted octanol–water partition coefficient (Wildman–Crippen LogP) is 3.26. The van der Waals surface area contributed by atoms with Gasteiger partial charge in [0.05, 0.1) is 18.0 Å². The number of benzene rings is 2. The quantitative estimate of drug-likeness (QED) is 0.821. The second-order valence-corrected chi connectivity index (χ2v) is 9.00. The monoisotopic (exact) mass is 422 g/mol. The highest BCUT2D eigenvalue weighted by molar-refractivity contribution is 9.10. The first kappa shape index (κ1) is 17.9. The number of anilines is 1. The van der Waals surface area contributed by atoms with E-state index in [-0.39, 0.29) is 11.9 Å². The molecule has 1 atom stereocenters. The van der Waals surface area contributed by atoms with Crippen LogP contribution < -0.4 is 9.62 Å². The van der Waals surface area contributed by atoms with Gasteiger partial charge >= 0.3 is 0 Å². The van der Waals surface area contributed by atoms with Crippen LogP contribution in [0, 0.1) is 0 Å². The number of hydrogen-bond acceptors (Lipinski definition) is 3. The molecule has 0 saturated carbocycles. The molecule has 1 heterocycles. The van der Waals surface area contributed by atoms with Gasteiger partial charge in [-0.25, -0.2) is 8.42 Å². The topological polar surface area (TPSA) is 66.5 Å². The summed E-state index contributed by atoms with van der Waals surface area (Å²) in [4.78, 5) is 12.5. The van der Waals surface area contributed by atoms with E-state index in [0.29, 0.717) is 24.2 Å². The molecule has 0 aromatic heterocycles. The molecule has 3 rings (SSSR count). The Labute approximate surface area is 156 Å². The summed E-state index contributed by atoms with van der Waals surface area (Å²) in [5.74, 6) is -0.173. The average molecular weight is 423 g/mol. The molecule has 0 aliphatic carbocycles. The minimum Gasteiger partial charge on any atom is -0.346 e. The minimum absolute atomic E-state index is 0.134. The van der Waals surface area contributed by atoms with Crippen LogP contribution in [0.2, 0.25) is 0 Å². The number of amides is 1. The van der Waals surface area contributed by atoms with Gasteiger partial charge in [-0.1, -0.05) is 28.1 Å². The van der Waals surface area contributed by atoms with E-state index in [4.69, 9.17) is 0 Å². The lowest BCUT2D eigenvalue weighted by Crippen LogP contribution is -2.28. The molecular formula is C18H19BrN2O3S. The summed E-state index contributed by atoms with van der Waals surface area (Å²) in [6.45, 7) is 2.35. The van der Waals surface area contributed by atoms with Gasteiger partial charge in [0.2, 0.25) is 10.0 Å². The Morgan fingerprint density at radius 3 is 2.68 bits per heavy atom. The van der Waals surface area contributed by atoms with Crippen LogP contribution in [0.15, 0.2) is 46.9 Å². The zero-order valence-electron chi connectivity index (χ0n) is 14.0. The van der Waals surface area contributed by atoms with Gasteiger partial charge in [0.25, 0.3) is 5.91 Å². The maximum Gasteiger partial charge on any atom is 0.251 e. The number of carbonyl (C=O) groups excluding carboxylic acids is 1. The lowest BCUT2D eigenvalue weighted by molar-refractivity contribution is 0.0940. The fourth-order valence-electron chi connectivity index (χ4n) is 3.00. The van der Waals surface area contributed by atoms with E-state index in [1.54, 1.807) is 18.2 Å². The molecule has 2 aromatic carbocycles. The van der Waals surface area contributed by atoms with Crippen LogP contribution in [-0.2, 0) is 16.4 Å². The molecule has 1 aliphatic heterocycles. The highest BCUT2D eigenvalue weighted by Gasteiger charge is 2.26. The van der Waals surface area contributed by atoms with Gasteiger partial charge in [-0.15, -0.1) is 0 Å². The molecule has 1 amide bonds. The van der Waals surface area contributed by atoms with Gasteiger partial charge < -0.3 is 5.32 Å². The van der Waals surface area contributed by atoms with Crippen molar-refractivity contribution in [3.63, 3.8) is 0 Å². The van der Waals surface area contributed by atoms with Crippen molar-refractivity contribution in [2.45, 2.75) is 19.4 Å². The summed E-state index contributed by atoms with van der Waals surface area (Å²) < 4.78 is 25.9. The van der Waals surface area contributed by atoms with Crippen molar-refractivity contribution in [1.29, 1.82) is 0 Å². The smallest absolute Gasteiger partial charge is 0.251 e. The van der Waals surface area contributed by atoms with E-state index in [2.05, 4.69) is 21.2 Å². The Morgan fingerprint density at radius 1 is 1.24 bits per heavy atom. The van der Waals surface area contributed by atoms with Gasteiger partial charge in [-0.05, 0) is 54.8 Å². The van der Waals surface area contributed by atoms with Crippen molar-refractivity contribution in [2.75, 3.05) is 17.1 Å². The molecule has 0 radical (unpaired) electrons. The number of fused-ring (bicyclic) bond motifs is 1. The highest BCUT2D eigenvalue weighted by atomic mass is 79.9. The zero-order chi connectivity index (χ0) is 18.2. The zero-order valence-corrected chi connectivity index (χ0v) is 16.4. The second kappa shape index (κ2) is 6.80. The molecule has 0 fully saturated rings. The highest BCUT2D eigenvalue weighted by Crippen LogP contribution is 2.30. The maximum atomic E-state index is 12.5. The molecule has 2 aromatic rings. The van der Waals surface area contributed by atoms with Gasteiger partial charge in [0.15, 0.2) is 0 Å². The Balaban J connectivity index is 1.78. The van der Waals surface area contributed by atoms with E-state index in [9.17, 15) is 13.2 Å². The van der Waals surface area contributed by atoms with Crippen LogP contribution in [0.1, 0.15) is 34.5 Å². The molecule has 132 valence electrons. The standard InChI is InChI=1S/C18H19BrN2O3S/c1-12(13-4-3-5-16(19)11-13)20-18(22)15-6-7-17-14(10-15)8-9-21(17)25(2,23)24/h3-7,10-12H,8-9H2,1-2H3,(H,20,22). The third kappa shape index (κ3) is 3.88. The van der Waals surface area contributed by atoms with Gasteiger partial charge in [-0.2, -0.15) is 0 Å². The van der Waals surface area contributed by atoms with Crippen molar-refractivity contribution in [3.05, 3.63) is 63.6 Å². The molecule has 0 bridgehead atoms. The van der Waals surface area contributed by atoms with E-state index < -0.39 is 10.0 Å². The van der Waals surface area contributed by atoms with E-state index >= 15 is 0 Å². The normalized spacial score (nSPS) is 14.9. The van der Waals surface area contributed by atoms with Crippen LogP contribution in [0.3, 0.4) is 0 Å². The summed E-state index contributed by atoms with van der Waals surface area (Å²) in [7, 11) is -3.28. The Morgan fingerprint density at radius 2 is 2.00 bits per heavy atom. The number of sulfonamides is 1. The van der Waals surface area contributed by atoms with Crippen molar-refractivity contribution >= 4 is 37.5 Å². The summed E-state index contributed by atoms with van der Waals surface area (Å²) in [6, 6.07) is 12.8. The number of nitrogens with one attached hydrogen (secondary N) is 1. The molecule has 25 heavy (non-hydrogen) atoms. The summed E-state index contributed by atoms with van der Waals surface area (Å²) in [5.41, 5.74) is 3.09. The first-order valence-electron chi connectivity index (χ1n) is 7.92. The van der Waals surface area contributed by atoms with Crippen LogP contribution in [-0.4, -0.2) is 27.1 Å². The molecule has 1 N–H and O–H groups in total. The number of carbonyl (C=O) groups is 1. The Hall–Kier alpha value is -1.86. The largest absolute Gasteiger partial charge is 0.346 e. The maximum absolute atomic E-state index is 12.5. The molecule has 7 heteroatoms. The number of hydrogen-bond donors (Lipinski definition) is 1. The third-order valence-electron chi connectivity index (χ3n) is 4.29. The van der Waals surface area contributed by atoms with Gasteiger partial charge in [-0.3, -0.25) is 9.10 Å². The Bertz CT molecular complexity index is 928. The number of halogens is 1. The van der Waals surface area contributed by atoms with Crippen LogP contribution >= 0.6 is 15.9 Å². The van der Waals surface area contributed by atoms with Crippen molar-refractivity contribution in [3.8, 4) is 0 Å². The molecule has 0 saturated heterocycles. The first-order chi connectivity index (χ1) is 11.8. The van der Waals surface area contributed by atoms with Crippen LogP contribution in [0.25, 0.3) is 0 Å². The lowest BCUT2D eigenvalue weighted by atomic mass is 10.1.